The summed E-state index contributed by atoms with van der Waals surface area (Å²) in [6.45, 7) is 14.1. The summed E-state index contributed by atoms with van der Waals surface area (Å²) in [5.41, 5.74) is 18.2. The zero-order valence-electron chi connectivity index (χ0n) is 31.8. The van der Waals surface area contributed by atoms with Crippen LogP contribution in [0.2, 0.25) is 0 Å². The average Bonchev–Trinajstić information content (AvgIpc) is 3.17. The standard InChI is InChI=1S/C50H47BN2/c1-49(2,3)36-28-30-40-46(32-36)52(42-24-15-13-22-38(42)34-18-9-7-10-19-34)44-26-17-27-45-48(44)51(40)41-31-29-37(50(4,5)6)33-47(41)53(45)43-25-16-14-23-39(43)35-20-11-8-12-21-35/h7-26,28-33,45H,27H2,1-6H3. The van der Waals surface area contributed by atoms with Crippen LogP contribution in [0.3, 0.4) is 0 Å². The molecule has 6 aromatic carbocycles. The van der Waals surface area contributed by atoms with E-state index in [-0.39, 0.29) is 23.6 Å². The summed E-state index contributed by atoms with van der Waals surface area (Å²) < 4.78 is 0. The van der Waals surface area contributed by atoms with Crippen molar-refractivity contribution in [1.29, 1.82) is 0 Å². The number of rotatable bonds is 4. The van der Waals surface area contributed by atoms with Crippen molar-refractivity contribution in [3.05, 3.63) is 180 Å². The first-order valence-corrected chi connectivity index (χ1v) is 19.2. The molecule has 9 rings (SSSR count). The predicted octanol–water partition coefficient (Wildman–Crippen LogP) is 11.6. The van der Waals surface area contributed by atoms with E-state index >= 15 is 0 Å². The number of nitrogens with zero attached hydrogens (tertiary/aromatic N) is 2. The van der Waals surface area contributed by atoms with Crippen LogP contribution in [-0.2, 0) is 10.8 Å². The quantitative estimate of drug-likeness (QED) is 0.170. The van der Waals surface area contributed by atoms with Gasteiger partial charge in [0.25, 0.3) is 0 Å². The normalized spacial score (nSPS) is 16.3. The van der Waals surface area contributed by atoms with Gasteiger partial charge in [-0.25, -0.2) is 0 Å². The molecule has 0 bridgehead atoms. The maximum atomic E-state index is 2.69. The van der Waals surface area contributed by atoms with Gasteiger partial charge in [0, 0.05) is 33.9 Å². The predicted molar refractivity (Wildman–Crippen MR) is 228 cm³/mol. The topological polar surface area (TPSA) is 6.48 Å². The Morgan fingerprint density at radius 1 is 0.509 bits per heavy atom. The van der Waals surface area contributed by atoms with E-state index < -0.39 is 0 Å². The molecule has 0 saturated carbocycles. The number of allylic oxidation sites excluding steroid dienone is 1. The lowest BCUT2D eigenvalue weighted by Gasteiger charge is -2.50. The fourth-order valence-electron chi connectivity index (χ4n) is 8.84. The third-order valence-electron chi connectivity index (χ3n) is 11.5. The smallest absolute Gasteiger partial charge is 0.247 e. The highest BCUT2D eigenvalue weighted by atomic mass is 15.2. The molecule has 3 aliphatic rings. The molecular formula is C50H47BN2. The molecular weight excluding hydrogens is 639 g/mol. The minimum Gasteiger partial charge on any atom is -0.335 e. The second-order valence-electron chi connectivity index (χ2n) is 16.9. The second kappa shape index (κ2) is 12.6. The van der Waals surface area contributed by atoms with E-state index in [0.717, 1.165) is 6.42 Å². The summed E-state index contributed by atoms with van der Waals surface area (Å²) in [5, 5.41) is 0. The largest absolute Gasteiger partial charge is 0.335 e. The maximum Gasteiger partial charge on any atom is 0.247 e. The summed E-state index contributed by atoms with van der Waals surface area (Å²) in [6.07, 6.45) is 5.78. The molecule has 0 saturated heterocycles. The minimum absolute atomic E-state index is 0.00325. The molecule has 260 valence electrons. The Bertz CT molecular complexity index is 2410. The molecule has 2 heterocycles. The van der Waals surface area contributed by atoms with E-state index in [9.17, 15) is 0 Å². The monoisotopic (exact) mass is 686 g/mol. The fourth-order valence-corrected chi connectivity index (χ4v) is 8.84. The number of hydrogen-bond acceptors (Lipinski definition) is 2. The first-order valence-electron chi connectivity index (χ1n) is 19.2. The van der Waals surface area contributed by atoms with Crippen molar-refractivity contribution in [3.8, 4) is 22.3 Å². The Balaban J connectivity index is 1.37. The molecule has 1 aliphatic carbocycles. The van der Waals surface area contributed by atoms with Crippen molar-refractivity contribution >= 4 is 40.4 Å². The fraction of sp³-hybridized carbons (Fsp3) is 0.200. The number of fused-ring (bicyclic) bond motifs is 4. The van der Waals surface area contributed by atoms with Crippen LogP contribution in [0.5, 0.6) is 0 Å². The molecule has 3 heteroatoms. The van der Waals surface area contributed by atoms with Crippen LogP contribution in [0.25, 0.3) is 22.3 Å². The summed E-state index contributed by atoms with van der Waals surface area (Å²) in [6, 6.07) is 54.6. The molecule has 1 atom stereocenters. The van der Waals surface area contributed by atoms with E-state index in [1.54, 1.807) is 0 Å². The van der Waals surface area contributed by atoms with Gasteiger partial charge < -0.3 is 9.80 Å². The second-order valence-corrected chi connectivity index (χ2v) is 16.9. The van der Waals surface area contributed by atoms with Crippen LogP contribution >= 0.6 is 0 Å². The van der Waals surface area contributed by atoms with Crippen molar-refractivity contribution in [3.63, 3.8) is 0 Å². The van der Waals surface area contributed by atoms with Crippen molar-refractivity contribution < 1.29 is 0 Å². The highest BCUT2D eigenvalue weighted by molar-refractivity contribution is 6.94. The SMILES string of the molecule is CC(C)(C)c1ccc2c(c1)N(c1ccccc1-c1ccccc1)C1=C3B2c2ccc(C(C)(C)C)cc2N(c2ccccc2-c2ccccc2)C3CC=C1. The molecule has 53 heavy (non-hydrogen) atoms. The lowest BCUT2D eigenvalue weighted by atomic mass is 9.31. The molecule has 0 spiro atoms. The van der Waals surface area contributed by atoms with Crippen LogP contribution < -0.4 is 20.7 Å². The highest BCUT2D eigenvalue weighted by Gasteiger charge is 2.48. The summed E-state index contributed by atoms with van der Waals surface area (Å²) in [7, 11) is 0. The average molecular weight is 687 g/mol. The minimum atomic E-state index is 0.00325. The molecule has 0 aromatic heterocycles. The highest BCUT2D eigenvalue weighted by Crippen LogP contribution is 2.49. The molecule has 0 radical (unpaired) electrons. The molecule has 0 amide bonds. The van der Waals surface area contributed by atoms with E-state index in [2.05, 4.69) is 209 Å². The van der Waals surface area contributed by atoms with E-state index in [1.807, 2.05) is 0 Å². The van der Waals surface area contributed by atoms with Crippen LogP contribution in [-0.4, -0.2) is 12.8 Å². The molecule has 2 aliphatic heterocycles. The number of benzene rings is 6. The molecule has 2 nitrogen and oxygen atoms in total. The van der Waals surface area contributed by atoms with Gasteiger partial charge in [-0.1, -0.05) is 169 Å². The third-order valence-corrected chi connectivity index (χ3v) is 11.5. The Morgan fingerprint density at radius 3 is 1.58 bits per heavy atom. The summed E-state index contributed by atoms with van der Waals surface area (Å²) in [5.74, 6) is 0. The van der Waals surface area contributed by atoms with Gasteiger partial charge in [0.05, 0.1) is 11.7 Å². The Morgan fingerprint density at radius 2 is 1.00 bits per heavy atom. The van der Waals surface area contributed by atoms with Gasteiger partial charge in [-0.2, -0.15) is 0 Å². The van der Waals surface area contributed by atoms with Crippen molar-refractivity contribution in [2.45, 2.75) is 64.8 Å². The molecule has 6 aromatic rings. The van der Waals surface area contributed by atoms with Gasteiger partial charge in [0.2, 0.25) is 6.71 Å². The van der Waals surface area contributed by atoms with Crippen LogP contribution in [0, 0.1) is 0 Å². The Kier molecular flexibility index (Phi) is 7.89. The summed E-state index contributed by atoms with van der Waals surface area (Å²) in [4.78, 5) is 5.29. The lowest BCUT2D eigenvalue weighted by Crippen LogP contribution is -2.61. The van der Waals surface area contributed by atoms with Crippen LogP contribution in [0.1, 0.15) is 59.1 Å². The van der Waals surface area contributed by atoms with E-state index in [0.29, 0.717) is 0 Å². The van der Waals surface area contributed by atoms with E-state index in [1.165, 1.54) is 78.2 Å². The van der Waals surface area contributed by atoms with Crippen LogP contribution in [0.4, 0.5) is 22.7 Å². The first-order chi connectivity index (χ1) is 25.6. The van der Waals surface area contributed by atoms with E-state index in [4.69, 9.17) is 0 Å². The van der Waals surface area contributed by atoms with Gasteiger partial charge >= 0.3 is 0 Å². The number of para-hydroxylation sites is 2. The van der Waals surface area contributed by atoms with Crippen molar-refractivity contribution in [2.75, 3.05) is 9.80 Å². The summed E-state index contributed by atoms with van der Waals surface area (Å²) >= 11 is 0. The number of hydrogen-bond donors (Lipinski definition) is 0. The molecule has 0 N–H and O–H groups in total. The lowest BCUT2D eigenvalue weighted by molar-refractivity contribution is 0.590. The van der Waals surface area contributed by atoms with Gasteiger partial charge in [-0.15, -0.1) is 0 Å². The Hall–Kier alpha value is -5.54. The number of anilines is 4. The zero-order chi connectivity index (χ0) is 36.5. The molecule has 0 fully saturated rings. The van der Waals surface area contributed by atoms with Crippen LogP contribution in [0.15, 0.2) is 169 Å². The van der Waals surface area contributed by atoms with Crippen molar-refractivity contribution in [2.24, 2.45) is 0 Å². The van der Waals surface area contributed by atoms with Gasteiger partial charge in [-0.05, 0) is 86.2 Å². The van der Waals surface area contributed by atoms with Gasteiger partial charge in [-0.3, -0.25) is 0 Å². The van der Waals surface area contributed by atoms with Gasteiger partial charge in [0.1, 0.15) is 0 Å². The molecule has 1 unspecified atom stereocenters. The van der Waals surface area contributed by atoms with Gasteiger partial charge in [0.15, 0.2) is 0 Å². The zero-order valence-corrected chi connectivity index (χ0v) is 31.8. The Labute approximate surface area is 316 Å². The van der Waals surface area contributed by atoms with Crippen molar-refractivity contribution in [1.82, 2.24) is 0 Å². The maximum absolute atomic E-state index is 2.69. The first kappa shape index (κ1) is 33.3. The third kappa shape index (κ3) is 5.57.